The van der Waals surface area contributed by atoms with Gasteiger partial charge in [-0.1, -0.05) is 0 Å². The minimum absolute atomic E-state index is 0.0642. The van der Waals surface area contributed by atoms with E-state index in [0.29, 0.717) is 4.90 Å². The van der Waals surface area contributed by atoms with Crippen LogP contribution in [0.25, 0.3) is 0 Å². The van der Waals surface area contributed by atoms with Gasteiger partial charge in [-0.05, 0) is 32.2 Å². The van der Waals surface area contributed by atoms with E-state index >= 15 is 0 Å². The van der Waals surface area contributed by atoms with E-state index < -0.39 is 10.5 Å². The number of hydrogen-bond donors (Lipinski definition) is 2. The topological polar surface area (TPSA) is 98.3 Å². The van der Waals surface area contributed by atoms with E-state index in [-0.39, 0.29) is 23.7 Å². The first-order valence-electron chi connectivity index (χ1n) is 5.66. The van der Waals surface area contributed by atoms with Gasteiger partial charge in [-0.15, -0.1) is 11.8 Å². The van der Waals surface area contributed by atoms with E-state index in [1.807, 2.05) is 0 Å². The van der Waals surface area contributed by atoms with Crippen LogP contribution in [0, 0.1) is 10.1 Å². The van der Waals surface area contributed by atoms with E-state index in [0.717, 1.165) is 0 Å². The number of amides is 1. The molecule has 0 radical (unpaired) electrons. The average molecular weight is 283 g/mol. The molecule has 0 aliphatic carbocycles. The van der Waals surface area contributed by atoms with Gasteiger partial charge in [0, 0.05) is 23.7 Å². The fraction of sp³-hybridized carbons (Fsp3) is 0.417. The maximum absolute atomic E-state index is 12.0. The molecular formula is C12H17N3O3S. The Kier molecular flexibility index (Phi) is 4.90. The van der Waals surface area contributed by atoms with Gasteiger partial charge in [0.05, 0.1) is 9.82 Å². The molecular weight excluding hydrogens is 266 g/mol. The van der Waals surface area contributed by atoms with Gasteiger partial charge in [-0.25, -0.2) is 0 Å². The van der Waals surface area contributed by atoms with Crippen molar-refractivity contribution in [3.63, 3.8) is 0 Å². The number of nitrogens with zero attached hydrogens (tertiary/aromatic N) is 1. The second kappa shape index (κ2) is 6.03. The quantitative estimate of drug-likeness (QED) is 0.487. The number of hydrogen-bond acceptors (Lipinski definition) is 5. The molecule has 0 atom stereocenters. The van der Waals surface area contributed by atoms with Crippen LogP contribution in [0.5, 0.6) is 0 Å². The summed E-state index contributed by atoms with van der Waals surface area (Å²) in [4.78, 5) is 23.0. The highest BCUT2D eigenvalue weighted by atomic mass is 32.2. The number of rotatable bonds is 5. The number of carbonyl (C=O) groups excluding carboxylic acids is 1. The molecule has 1 rings (SSSR count). The highest BCUT2D eigenvalue weighted by Gasteiger charge is 2.22. The van der Waals surface area contributed by atoms with Gasteiger partial charge in [0.2, 0.25) is 0 Å². The first kappa shape index (κ1) is 15.5. The number of carbonyl (C=O) groups is 1. The first-order chi connectivity index (χ1) is 8.80. The van der Waals surface area contributed by atoms with Crippen molar-refractivity contribution in [3.8, 4) is 0 Å². The standard InChI is InChI=1S/C12H17N3O3S/c1-12(2,7-13)14-11(16)8-4-5-10(19-3)9(6-8)15(17)18/h4-6H,7,13H2,1-3H3,(H,14,16). The van der Waals surface area contributed by atoms with Gasteiger partial charge in [-0.3, -0.25) is 14.9 Å². The van der Waals surface area contributed by atoms with Crippen LogP contribution < -0.4 is 11.1 Å². The van der Waals surface area contributed by atoms with Crippen molar-refractivity contribution < 1.29 is 9.72 Å². The van der Waals surface area contributed by atoms with Crippen molar-refractivity contribution in [2.45, 2.75) is 24.3 Å². The molecule has 1 aromatic carbocycles. The number of nitrogens with one attached hydrogen (secondary N) is 1. The van der Waals surface area contributed by atoms with Gasteiger partial charge in [0.25, 0.3) is 11.6 Å². The highest BCUT2D eigenvalue weighted by molar-refractivity contribution is 7.98. The maximum atomic E-state index is 12.0. The molecule has 7 heteroatoms. The van der Waals surface area contributed by atoms with Crippen molar-refractivity contribution in [2.75, 3.05) is 12.8 Å². The van der Waals surface area contributed by atoms with Crippen LogP contribution in [-0.4, -0.2) is 29.2 Å². The summed E-state index contributed by atoms with van der Waals surface area (Å²) in [5.41, 5.74) is 5.17. The third-order valence-corrected chi connectivity index (χ3v) is 3.39. The summed E-state index contributed by atoms with van der Waals surface area (Å²) in [5.74, 6) is -0.369. The molecule has 0 saturated carbocycles. The number of nitrogens with two attached hydrogens (primary N) is 1. The van der Waals surface area contributed by atoms with Crippen molar-refractivity contribution in [3.05, 3.63) is 33.9 Å². The number of nitro benzene ring substituents is 1. The molecule has 0 aliphatic rings. The van der Waals surface area contributed by atoms with Gasteiger partial charge >= 0.3 is 0 Å². The Hall–Kier alpha value is -1.60. The summed E-state index contributed by atoms with van der Waals surface area (Å²) in [6, 6.07) is 4.43. The minimum Gasteiger partial charge on any atom is -0.346 e. The van der Waals surface area contributed by atoms with E-state index in [1.54, 1.807) is 32.2 Å². The molecule has 0 unspecified atom stereocenters. The normalized spacial score (nSPS) is 11.2. The molecule has 6 nitrogen and oxygen atoms in total. The van der Waals surface area contributed by atoms with Crippen molar-refractivity contribution in [1.29, 1.82) is 0 Å². The minimum atomic E-state index is -0.552. The zero-order valence-corrected chi connectivity index (χ0v) is 11.9. The van der Waals surface area contributed by atoms with Crippen LogP contribution in [0.2, 0.25) is 0 Å². The predicted molar refractivity (Wildman–Crippen MR) is 75.5 cm³/mol. The second-order valence-electron chi connectivity index (χ2n) is 4.69. The first-order valence-corrected chi connectivity index (χ1v) is 6.88. The Morgan fingerprint density at radius 1 is 1.53 bits per heavy atom. The number of benzene rings is 1. The molecule has 1 amide bonds. The van der Waals surface area contributed by atoms with Crippen LogP contribution in [0.15, 0.2) is 23.1 Å². The van der Waals surface area contributed by atoms with E-state index in [4.69, 9.17) is 5.73 Å². The molecule has 19 heavy (non-hydrogen) atoms. The van der Waals surface area contributed by atoms with Gasteiger partial charge < -0.3 is 11.1 Å². The Labute approximate surface area is 115 Å². The summed E-state index contributed by atoms with van der Waals surface area (Å²) >= 11 is 1.27. The lowest BCUT2D eigenvalue weighted by Gasteiger charge is -2.24. The van der Waals surface area contributed by atoms with Gasteiger partial charge in [0.15, 0.2) is 0 Å². The predicted octanol–water partition coefficient (Wildman–Crippen LogP) is 1.78. The molecule has 0 heterocycles. The molecule has 0 aliphatic heterocycles. The molecule has 0 fully saturated rings. The summed E-state index contributed by atoms with van der Waals surface area (Å²) in [6.45, 7) is 3.86. The Morgan fingerprint density at radius 2 is 2.16 bits per heavy atom. The van der Waals surface area contributed by atoms with E-state index in [2.05, 4.69) is 5.32 Å². The molecule has 0 spiro atoms. The van der Waals surface area contributed by atoms with Crippen LogP contribution in [0.1, 0.15) is 24.2 Å². The summed E-state index contributed by atoms with van der Waals surface area (Å²) in [6.07, 6.45) is 1.75. The highest BCUT2D eigenvalue weighted by Crippen LogP contribution is 2.28. The monoisotopic (exact) mass is 283 g/mol. The zero-order valence-electron chi connectivity index (χ0n) is 11.1. The van der Waals surface area contributed by atoms with Crippen LogP contribution in [0.4, 0.5) is 5.69 Å². The smallest absolute Gasteiger partial charge is 0.283 e. The molecule has 104 valence electrons. The zero-order chi connectivity index (χ0) is 14.6. The lowest BCUT2D eigenvalue weighted by molar-refractivity contribution is -0.387. The van der Waals surface area contributed by atoms with Crippen LogP contribution in [0.3, 0.4) is 0 Å². The largest absolute Gasteiger partial charge is 0.346 e. The third kappa shape index (κ3) is 3.93. The Morgan fingerprint density at radius 3 is 2.63 bits per heavy atom. The third-order valence-electron chi connectivity index (χ3n) is 2.60. The average Bonchev–Trinajstić information content (AvgIpc) is 2.37. The van der Waals surface area contributed by atoms with Gasteiger partial charge in [0.1, 0.15) is 0 Å². The molecule has 0 aromatic heterocycles. The molecule has 1 aromatic rings. The van der Waals surface area contributed by atoms with Gasteiger partial charge in [-0.2, -0.15) is 0 Å². The Balaban J connectivity index is 3.06. The summed E-state index contributed by atoms with van der Waals surface area (Å²) < 4.78 is 0. The van der Waals surface area contributed by atoms with E-state index in [1.165, 1.54) is 17.8 Å². The second-order valence-corrected chi connectivity index (χ2v) is 5.53. The lowest BCUT2D eigenvalue weighted by atomic mass is 10.1. The maximum Gasteiger partial charge on any atom is 0.283 e. The number of nitro groups is 1. The van der Waals surface area contributed by atoms with E-state index in [9.17, 15) is 14.9 Å². The molecule has 3 N–H and O–H groups in total. The Bertz CT molecular complexity index is 503. The van der Waals surface area contributed by atoms with Crippen LogP contribution in [-0.2, 0) is 0 Å². The lowest BCUT2D eigenvalue weighted by Crippen LogP contribution is -2.48. The fourth-order valence-corrected chi connectivity index (χ4v) is 1.95. The fourth-order valence-electron chi connectivity index (χ4n) is 1.40. The van der Waals surface area contributed by atoms with Crippen LogP contribution >= 0.6 is 11.8 Å². The molecule has 0 bridgehead atoms. The van der Waals surface area contributed by atoms with Crippen molar-refractivity contribution >= 4 is 23.4 Å². The van der Waals surface area contributed by atoms with Crippen molar-refractivity contribution in [2.24, 2.45) is 5.73 Å². The summed E-state index contributed by atoms with van der Waals surface area (Å²) in [5, 5.41) is 13.7. The number of thioether (sulfide) groups is 1. The summed E-state index contributed by atoms with van der Waals surface area (Å²) in [7, 11) is 0. The SMILES string of the molecule is CSc1ccc(C(=O)NC(C)(C)CN)cc1[N+](=O)[O-]. The molecule has 0 saturated heterocycles. The van der Waals surface area contributed by atoms with Crippen molar-refractivity contribution in [1.82, 2.24) is 5.32 Å².